The topological polar surface area (TPSA) is 113 Å². The Balaban J connectivity index is 1.49. The van der Waals surface area contributed by atoms with Crippen molar-refractivity contribution in [2.75, 3.05) is 11.9 Å². The minimum atomic E-state index is -3.74. The molecule has 0 radical (unpaired) electrons. The molecule has 8 nitrogen and oxygen atoms in total. The fourth-order valence-corrected chi connectivity index (χ4v) is 4.97. The van der Waals surface area contributed by atoms with Gasteiger partial charge in [0.1, 0.15) is 0 Å². The molecule has 9 heteroatoms. The first-order valence-corrected chi connectivity index (χ1v) is 11.7. The molecule has 33 heavy (non-hydrogen) atoms. The lowest BCUT2D eigenvalue weighted by molar-refractivity contribution is 0.0878. The number of sulfonamides is 1. The van der Waals surface area contributed by atoms with E-state index in [0.29, 0.717) is 12.2 Å². The summed E-state index contributed by atoms with van der Waals surface area (Å²) in [5.41, 5.74) is 1.92. The predicted octanol–water partition coefficient (Wildman–Crippen LogP) is 3.03. The van der Waals surface area contributed by atoms with E-state index in [2.05, 4.69) is 10.6 Å². The number of carbonyl (C=O) groups is 3. The number of nitrogens with zero attached hydrogens (tertiary/aromatic N) is 1. The van der Waals surface area contributed by atoms with Crippen LogP contribution in [0.4, 0.5) is 5.69 Å². The normalized spacial score (nSPS) is 13.0. The van der Waals surface area contributed by atoms with Crippen molar-refractivity contribution in [2.24, 2.45) is 0 Å². The number of anilines is 1. The molecule has 0 aliphatic carbocycles. The summed E-state index contributed by atoms with van der Waals surface area (Å²) in [5.74, 6) is -1.46. The molecule has 0 spiro atoms. The Labute approximate surface area is 191 Å². The summed E-state index contributed by atoms with van der Waals surface area (Å²) in [6, 6.07) is 19.4. The molecule has 168 valence electrons. The number of carbonyl (C=O) groups excluding carboxylic acids is 3. The van der Waals surface area contributed by atoms with Crippen LogP contribution in [0.15, 0.2) is 77.7 Å². The Kier molecular flexibility index (Phi) is 6.08. The zero-order chi connectivity index (χ0) is 23.6. The lowest BCUT2D eigenvalue weighted by atomic mass is 10.1. The van der Waals surface area contributed by atoms with Crippen LogP contribution in [0.5, 0.6) is 0 Å². The first-order chi connectivity index (χ1) is 15.8. The summed E-state index contributed by atoms with van der Waals surface area (Å²) in [5, 5.41) is 4.85. The first-order valence-electron chi connectivity index (χ1n) is 10.2. The van der Waals surface area contributed by atoms with Crippen LogP contribution in [-0.2, 0) is 16.6 Å². The van der Waals surface area contributed by atoms with E-state index in [9.17, 15) is 22.8 Å². The molecule has 0 bridgehead atoms. The Morgan fingerprint density at radius 2 is 1.58 bits per heavy atom. The number of amides is 3. The second kappa shape index (κ2) is 8.97. The molecule has 1 heterocycles. The zero-order valence-corrected chi connectivity index (χ0v) is 18.6. The summed E-state index contributed by atoms with van der Waals surface area (Å²) < 4.78 is 27.5. The van der Waals surface area contributed by atoms with Crippen molar-refractivity contribution >= 4 is 33.4 Å². The van der Waals surface area contributed by atoms with Crippen LogP contribution in [0.25, 0.3) is 0 Å². The van der Waals surface area contributed by atoms with Gasteiger partial charge in [-0.1, -0.05) is 37.3 Å². The number of imide groups is 1. The average Bonchev–Trinajstić information content (AvgIpc) is 3.10. The number of fused-ring (bicyclic) bond motifs is 1. The molecule has 0 unspecified atom stereocenters. The molecule has 1 aliphatic heterocycles. The SMILES string of the molecule is CCN(Cc1ccccc1)S(=O)(=O)c1ccc(C(=O)Nc2ccc3c(c2)C(=O)NC3=O)cc1. The summed E-state index contributed by atoms with van der Waals surface area (Å²) in [4.78, 5) is 36.2. The fourth-order valence-electron chi connectivity index (χ4n) is 3.53. The van der Waals surface area contributed by atoms with Crippen LogP contribution in [-0.4, -0.2) is 37.0 Å². The van der Waals surface area contributed by atoms with Gasteiger partial charge in [0.15, 0.2) is 0 Å². The van der Waals surface area contributed by atoms with Crippen LogP contribution in [0, 0.1) is 0 Å². The number of benzene rings is 3. The molecule has 0 aromatic heterocycles. The van der Waals surface area contributed by atoms with Crippen LogP contribution >= 0.6 is 0 Å². The molecular formula is C24H21N3O5S. The number of hydrogen-bond donors (Lipinski definition) is 2. The third-order valence-electron chi connectivity index (χ3n) is 5.30. The number of nitrogens with one attached hydrogen (secondary N) is 2. The van der Waals surface area contributed by atoms with Gasteiger partial charge in [-0.25, -0.2) is 8.42 Å². The summed E-state index contributed by atoms with van der Waals surface area (Å²) in [7, 11) is -3.74. The van der Waals surface area contributed by atoms with Crippen molar-refractivity contribution in [2.45, 2.75) is 18.4 Å². The summed E-state index contributed by atoms with van der Waals surface area (Å²) in [6.07, 6.45) is 0. The van der Waals surface area contributed by atoms with Gasteiger partial charge in [-0.15, -0.1) is 0 Å². The van der Waals surface area contributed by atoms with Crippen molar-refractivity contribution in [1.82, 2.24) is 9.62 Å². The van der Waals surface area contributed by atoms with Crippen LogP contribution in [0.2, 0.25) is 0 Å². The highest BCUT2D eigenvalue weighted by atomic mass is 32.2. The fraction of sp³-hybridized carbons (Fsp3) is 0.125. The number of rotatable bonds is 7. The van der Waals surface area contributed by atoms with Gasteiger partial charge in [0, 0.05) is 24.3 Å². The molecule has 0 saturated heterocycles. The molecule has 0 saturated carbocycles. The molecule has 2 N–H and O–H groups in total. The van der Waals surface area contributed by atoms with Gasteiger partial charge in [-0.2, -0.15) is 4.31 Å². The van der Waals surface area contributed by atoms with E-state index >= 15 is 0 Å². The van der Waals surface area contributed by atoms with E-state index in [1.54, 1.807) is 6.92 Å². The summed E-state index contributed by atoms with van der Waals surface area (Å²) >= 11 is 0. The van der Waals surface area contributed by atoms with Gasteiger partial charge < -0.3 is 5.32 Å². The largest absolute Gasteiger partial charge is 0.322 e. The maximum Gasteiger partial charge on any atom is 0.259 e. The second-order valence-corrected chi connectivity index (χ2v) is 9.38. The van der Waals surface area contributed by atoms with Gasteiger partial charge in [-0.3, -0.25) is 19.7 Å². The van der Waals surface area contributed by atoms with Gasteiger partial charge in [-0.05, 0) is 48.0 Å². The minimum Gasteiger partial charge on any atom is -0.322 e. The molecule has 0 fully saturated rings. The predicted molar refractivity (Wildman–Crippen MR) is 122 cm³/mol. The van der Waals surface area contributed by atoms with Gasteiger partial charge in [0.25, 0.3) is 17.7 Å². The minimum absolute atomic E-state index is 0.0875. The van der Waals surface area contributed by atoms with Crippen molar-refractivity contribution in [1.29, 1.82) is 0 Å². The van der Waals surface area contributed by atoms with Gasteiger partial charge in [0.2, 0.25) is 10.0 Å². The van der Waals surface area contributed by atoms with Crippen LogP contribution in [0.1, 0.15) is 43.6 Å². The molecular weight excluding hydrogens is 442 g/mol. The third kappa shape index (κ3) is 4.55. The number of hydrogen-bond acceptors (Lipinski definition) is 5. The third-order valence-corrected chi connectivity index (χ3v) is 7.24. The van der Waals surface area contributed by atoms with E-state index < -0.39 is 27.7 Å². The monoisotopic (exact) mass is 463 g/mol. The Morgan fingerprint density at radius 1 is 0.909 bits per heavy atom. The van der Waals surface area contributed by atoms with Gasteiger partial charge in [0.05, 0.1) is 16.0 Å². The van der Waals surface area contributed by atoms with Crippen molar-refractivity contribution in [3.8, 4) is 0 Å². The Bertz CT molecular complexity index is 1340. The van der Waals surface area contributed by atoms with Crippen molar-refractivity contribution in [3.63, 3.8) is 0 Å². The van der Waals surface area contributed by atoms with Crippen LogP contribution < -0.4 is 10.6 Å². The van der Waals surface area contributed by atoms with Crippen LogP contribution in [0.3, 0.4) is 0 Å². The lowest BCUT2D eigenvalue weighted by Gasteiger charge is -2.20. The van der Waals surface area contributed by atoms with E-state index in [0.717, 1.165) is 5.56 Å². The molecule has 4 rings (SSSR count). The summed E-state index contributed by atoms with van der Waals surface area (Å²) in [6.45, 7) is 2.32. The Morgan fingerprint density at radius 3 is 2.24 bits per heavy atom. The molecule has 3 amide bonds. The van der Waals surface area contributed by atoms with E-state index in [1.165, 1.54) is 46.8 Å². The second-order valence-electron chi connectivity index (χ2n) is 7.44. The van der Waals surface area contributed by atoms with E-state index in [-0.39, 0.29) is 28.1 Å². The first kappa shape index (κ1) is 22.4. The molecule has 3 aromatic rings. The maximum atomic E-state index is 13.1. The molecule has 1 aliphatic rings. The van der Waals surface area contributed by atoms with Gasteiger partial charge >= 0.3 is 0 Å². The van der Waals surface area contributed by atoms with Crippen molar-refractivity contribution in [3.05, 3.63) is 95.1 Å². The quantitative estimate of drug-likeness (QED) is 0.523. The zero-order valence-electron chi connectivity index (χ0n) is 17.7. The lowest BCUT2D eigenvalue weighted by Crippen LogP contribution is -2.30. The highest BCUT2D eigenvalue weighted by Gasteiger charge is 2.27. The highest BCUT2D eigenvalue weighted by molar-refractivity contribution is 7.89. The average molecular weight is 464 g/mol. The van der Waals surface area contributed by atoms with E-state index in [4.69, 9.17) is 0 Å². The van der Waals surface area contributed by atoms with Crippen molar-refractivity contribution < 1.29 is 22.8 Å². The maximum absolute atomic E-state index is 13.1. The van der Waals surface area contributed by atoms with E-state index in [1.807, 2.05) is 30.3 Å². The standard InChI is InChI=1S/C24H21N3O5S/c1-2-27(15-16-6-4-3-5-7-16)33(31,32)19-11-8-17(9-12-19)22(28)25-18-10-13-20-21(14-18)24(30)26-23(20)29/h3-14H,2,15H2,1H3,(H,25,28)(H,26,29,30). The molecule has 0 atom stereocenters. The highest BCUT2D eigenvalue weighted by Crippen LogP contribution is 2.22. The molecule has 3 aromatic carbocycles. The smallest absolute Gasteiger partial charge is 0.259 e. The Hall–Kier alpha value is -3.82.